The predicted octanol–water partition coefficient (Wildman–Crippen LogP) is 2.32. The summed E-state index contributed by atoms with van der Waals surface area (Å²) in [5.74, 6) is 0.487. The summed E-state index contributed by atoms with van der Waals surface area (Å²) >= 11 is 2.88. The first kappa shape index (κ1) is 15.3. The van der Waals surface area contributed by atoms with Crippen LogP contribution in [0.15, 0.2) is 30.3 Å². The van der Waals surface area contributed by atoms with Gasteiger partial charge in [-0.1, -0.05) is 0 Å². The molecule has 20 heavy (non-hydrogen) atoms. The van der Waals surface area contributed by atoms with Crippen molar-refractivity contribution in [1.82, 2.24) is 4.90 Å². The fourth-order valence-electron chi connectivity index (χ4n) is 2.54. The Bertz CT molecular complexity index is 487. The molecule has 3 nitrogen and oxygen atoms in total. The normalized spacial score (nSPS) is 20.1. The Morgan fingerprint density at radius 3 is 2.60 bits per heavy atom. The number of rotatable bonds is 4. The summed E-state index contributed by atoms with van der Waals surface area (Å²) in [7, 11) is 0. The number of carbonyl (C=O) groups is 1. The van der Waals surface area contributed by atoms with E-state index in [1.165, 1.54) is 0 Å². The molecule has 0 saturated carbocycles. The van der Waals surface area contributed by atoms with Gasteiger partial charge in [-0.3, -0.25) is 0 Å². The number of benzene rings is 1. The van der Waals surface area contributed by atoms with Crippen molar-refractivity contribution < 1.29 is 9.53 Å². The van der Waals surface area contributed by atoms with Crippen molar-refractivity contribution in [2.24, 2.45) is 5.92 Å². The van der Waals surface area contributed by atoms with Crippen LogP contribution in [-0.2, 0) is 9.53 Å². The molecule has 1 aromatic rings. The quantitative estimate of drug-likeness (QED) is 0.789. The number of amides is 1. The van der Waals surface area contributed by atoms with Crippen molar-refractivity contribution in [3.63, 3.8) is 0 Å². The van der Waals surface area contributed by atoms with Gasteiger partial charge in [0, 0.05) is 0 Å². The number of ether oxygens (including phenoxy) is 1. The molecule has 0 unspecified atom stereocenters. The molecule has 0 bridgehead atoms. The molecule has 1 aliphatic rings. The molecule has 0 aliphatic carbocycles. The van der Waals surface area contributed by atoms with Gasteiger partial charge in [-0.2, -0.15) is 0 Å². The first-order valence-corrected chi connectivity index (χ1v) is 7.91. The van der Waals surface area contributed by atoms with Crippen molar-refractivity contribution in [3.05, 3.63) is 35.9 Å². The Kier molecular flexibility index (Phi) is 5.00. The minimum atomic E-state index is -0.157. The molecule has 108 valence electrons. The molecular formula is C16H21NO2Se. The number of hydrogen-bond acceptors (Lipinski definition) is 2. The van der Waals surface area contributed by atoms with Gasteiger partial charge in [-0.05, 0) is 0 Å². The minimum absolute atomic E-state index is 0.105. The molecule has 1 aromatic carbocycles. The van der Waals surface area contributed by atoms with E-state index < -0.39 is 0 Å². The molecule has 0 spiro atoms. The van der Waals surface area contributed by atoms with E-state index in [1.807, 2.05) is 37.3 Å². The van der Waals surface area contributed by atoms with Gasteiger partial charge in [-0.25, -0.2) is 0 Å². The van der Waals surface area contributed by atoms with Crippen molar-refractivity contribution in [2.75, 3.05) is 6.61 Å². The molecule has 0 radical (unpaired) electrons. The Balaban J connectivity index is 2.15. The monoisotopic (exact) mass is 339 g/mol. The maximum atomic E-state index is 12.8. The van der Waals surface area contributed by atoms with Gasteiger partial charge in [0.1, 0.15) is 0 Å². The van der Waals surface area contributed by atoms with Gasteiger partial charge in [0.2, 0.25) is 0 Å². The second kappa shape index (κ2) is 6.55. The molecule has 2 rings (SSSR count). The summed E-state index contributed by atoms with van der Waals surface area (Å²) in [6.45, 7) is 6.88. The molecule has 4 heteroatoms. The third-order valence-corrected chi connectivity index (χ3v) is 4.27. The molecule has 0 N–H and O–H groups in total. The third kappa shape index (κ3) is 3.31. The van der Waals surface area contributed by atoms with E-state index >= 15 is 0 Å². The Hall–Kier alpha value is -1.12. The van der Waals surface area contributed by atoms with Crippen molar-refractivity contribution in [3.8, 4) is 0 Å². The fourth-order valence-corrected chi connectivity index (χ4v) is 3.19. The summed E-state index contributed by atoms with van der Waals surface area (Å²) in [5, 5.41) is 0. The second-order valence-electron chi connectivity index (χ2n) is 5.70. The van der Waals surface area contributed by atoms with Gasteiger partial charge < -0.3 is 0 Å². The molecule has 1 aliphatic heterocycles. The van der Waals surface area contributed by atoms with E-state index in [0.717, 1.165) is 12.0 Å². The molecule has 1 heterocycles. The van der Waals surface area contributed by atoms with Gasteiger partial charge in [-0.15, -0.1) is 0 Å². The summed E-state index contributed by atoms with van der Waals surface area (Å²) in [6.07, 6.45) is 0.957. The summed E-state index contributed by atoms with van der Waals surface area (Å²) in [5.41, 5.74) is 1.04. The Morgan fingerprint density at radius 2 is 2.00 bits per heavy atom. The standard InChI is InChI=1S/C16H21NO2Se/c1-11(2)9-14-10-19-16(20)17(14)15(18)12(3)13-7-5-4-6-8-13/h4-8,11-12,14H,9-10H2,1-3H3/t12-,14+/m1/s1. The maximum absolute atomic E-state index is 12.8. The molecular weight excluding hydrogens is 317 g/mol. The van der Waals surface area contributed by atoms with E-state index in [9.17, 15) is 4.79 Å². The van der Waals surface area contributed by atoms with Crippen LogP contribution in [0.4, 0.5) is 0 Å². The van der Waals surface area contributed by atoms with Crippen LogP contribution in [0.5, 0.6) is 0 Å². The van der Waals surface area contributed by atoms with Crippen LogP contribution in [0.2, 0.25) is 0 Å². The van der Waals surface area contributed by atoms with Crippen LogP contribution in [0.3, 0.4) is 0 Å². The second-order valence-corrected chi connectivity index (χ2v) is 6.43. The first-order valence-electron chi connectivity index (χ1n) is 7.05. The average Bonchev–Trinajstić information content (AvgIpc) is 2.78. The Morgan fingerprint density at radius 1 is 1.35 bits per heavy atom. The van der Waals surface area contributed by atoms with Crippen molar-refractivity contribution in [1.29, 1.82) is 0 Å². The molecule has 1 amide bonds. The van der Waals surface area contributed by atoms with Crippen LogP contribution in [0.1, 0.15) is 38.7 Å². The van der Waals surface area contributed by atoms with E-state index in [-0.39, 0.29) is 17.9 Å². The van der Waals surface area contributed by atoms with Gasteiger partial charge in [0.05, 0.1) is 0 Å². The first-order chi connectivity index (χ1) is 9.50. The summed E-state index contributed by atoms with van der Waals surface area (Å²) in [4.78, 5) is 14.6. The van der Waals surface area contributed by atoms with Crippen molar-refractivity contribution >= 4 is 26.2 Å². The van der Waals surface area contributed by atoms with E-state index in [1.54, 1.807) is 4.90 Å². The summed E-state index contributed by atoms with van der Waals surface area (Å²) in [6, 6.07) is 10.0. The van der Waals surface area contributed by atoms with Crippen LogP contribution < -0.4 is 0 Å². The number of carbonyl (C=O) groups excluding carboxylic acids is 1. The predicted molar refractivity (Wildman–Crippen MR) is 81.7 cm³/mol. The molecule has 2 atom stereocenters. The summed E-state index contributed by atoms with van der Waals surface area (Å²) < 4.78 is 6.17. The van der Waals surface area contributed by atoms with Gasteiger partial charge in [0.25, 0.3) is 0 Å². The molecule has 1 fully saturated rings. The number of nitrogens with zero attached hydrogens (tertiary/aromatic N) is 1. The van der Waals surface area contributed by atoms with Gasteiger partial charge >= 0.3 is 128 Å². The fraction of sp³-hybridized carbons (Fsp3) is 0.500. The van der Waals surface area contributed by atoms with E-state index in [2.05, 4.69) is 29.4 Å². The SMILES string of the molecule is CC(C)C[C@H]1COC(=[Se])N1C(=O)[C@H](C)c1ccccc1. The van der Waals surface area contributed by atoms with Crippen molar-refractivity contribution in [2.45, 2.75) is 39.2 Å². The molecule has 0 aromatic heterocycles. The molecule has 1 saturated heterocycles. The Labute approximate surface area is 128 Å². The van der Waals surface area contributed by atoms with E-state index in [0.29, 0.717) is 17.3 Å². The zero-order chi connectivity index (χ0) is 14.7. The zero-order valence-corrected chi connectivity index (χ0v) is 13.9. The van der Waals surface area contributed by atoms with Crippen LogP contribution >= 0.6 is 0 Å². The zero-order valence-electron chi connectivity index (χ0n) is 12.2. The number of hydrogen-bond donors (Lipinski definition) is 0. The van der Waals surface area contributed by atoms with E-state index in [4.69, 9.17) is 4.74 Å². The third-order valence-electron chi connectivity index (χ3n) is 3.61. The van der Waals surface area contributed by atoms with Gasteiger partial charge in [0.15, 0.2) is 0 Å². The average molecular weight is 338 g/mol. The van der Waals surface area contributed by atoms with Crippen LogP contribution in [-0.4, -0.2) is 43.8 Å². The topological polar surface area (TPSA) is 29.5 Å². The van der Waals surface area contributed by atoms with Crippen LogP contribution in [0, 0.1) is 5.92 Å². The van der Waals surface area contributed by atoms with Crippen LogP contribution in [0.25, 0.3) is 0 Å².